The number of hydrogen-bond acceptors (Lipinski definition) is 10. The van der Waals surface area contributed by atoms with Gasteiger partial charge in [-0.1, -0.05) is 60.7 Å². The summed E-state index contributed by atoms with van der Waals surface area (Å²) < 4.78 is 13.5. The second-order valence-corrected chi connectivity index (χ2v) is 16.0. The number of methoxy groups -OCH3 is 1. The van der Waals surface area contributed by atoms with E-state index in [1.165, 1.54) is 12.1 Å². The van der Waals surface area contributed by atoms with Crippen LogP contribution in [-0.4, -0.2) is 91.2 Å². The number of aromatic nitrogens is 3. The SMILES string of the molecule is COc1cc(CNC(=O)c2cc(COc3cccc([C@H](c4ccccc4)N(C(=O)O)[C@H]4CN5CCC4CC5)c3)n(C)n2)ccc1CNC[C@H](O)c1ccc(O)c2[nH]c(=O)ccc12. The van der Waals surface area contributed by atoms with Crippen molar-refractivity contribution >= 4 is 22.9 Å². The number of phenols is 1. The molecule has 3 saturated heterocycles. The fraction of sp³-hybridized carbons (Fsp3) is 0.319. The van der Waals surface area contributed by atoms with Crippen molar-refractivity contribution < 1.29 is 34.4 Å². The smallest absolute Gasteiger partial charge is 0.408 e. The maximum atomic E-state index is 13.3. The van der Waals surface area contributed by atoms with Crippen molar-refractivity contribution in [1.82, 2.24) is 35.2 Å². The summed E-state index contributed by atoms with van der Waals surface area (Å²) in [5, 5.41) is 43.0. The number of ether oxygens (including phenoxy) is 2. The highest BCUT2D eigenvalue weighted by Gasteiger charge is 2.43. The van der Waals surface area contributed by atoms with E-state index in [0.717, 1.165) is 54.7 Å². The number of nitrogens with zero attached hydrogens (tertiary/aromatic N) is 4. The Morgan fingerprint density at radius 1 is 0.952 bits per heavy atom. The van der Waals surface area contributed by atoms with Crippen molar-refractivity contribution in [2.24, 2.45) is 13.0 Å². The number of aromatic amines is 1. The van der Waals surface area contributed by atoms with E-state index >= 15 is 0 Å². The molecule has 6 N–H and O–H groups in total. The van der Waals surface area contributed by atoms with Crippen LogP contribution >= 0.6 is 0 Å². The van der Waals surface area contributed by atoms with Crippen molar-refractivity contribution in [3.63, 3.8) is 0 Å². The van der Waals surface area contributed by atoms with Gasteiger partial charge in [-0.3, -0.25) is 19.2 Å². The van der Waals surface area contributed by atoms with Crippen LogP contribution in [0.25, 0.3) is 10.9 Å². The highest BCUT2D eigenvalue weighted by molar-refractivity contribution is 5.92. The van der Waals surface area contributed by atoms with Crippen molar-refractivity contribution in [2.75, 3.05) is 33.3 Å². The molecule has 3 aliphatic heterocycles. The number of piperidine rings is 3. The van der Waals surface area contributed by atoms with Gasteiger partial charge in [-0.25, -0.2) is 4.79 Å². The van der Waals surface area contributed by atoms with Crippen LogP contribution in [0.4, 0.5) is 4.79 Å². The van der Waals surface area contributed by atoms with Gasteiger partial charge < -0.3 is 45.3 Å². The molecule has 3 aliphatic rings. The van der Waals surface area contributed by atoms with Crippen LogP contribution in [0.3, 0.4) is 0 Å². The number of fused-ring (bicyclic) bond motifs is 4. The minimum absolute atomic E-state index is 0.0727. The molecule has 322 valence electrons. The Labute approximate surface area is 358 Å². The topological polar surface area (TPSA) is 195 Å². The molecule has 4 aromatic carbocycles. The molecular weight excluding hydrogens is 791 g/mol. The molecule has 6 aromatic rings. The summed E-state index contributed by atoms with van der Waals surface area (Å²) in [6.45, 7) is 3.70. The first kappa shape index (κ1) is 42.0. The Morgan fingerprint density at radius 2 is 1.74 bits per heavy atom. The minimum atomic E-state index is -0.940. The molecule has 15 nitrogen and oxygen atoms in total. The number of aromatic hydroxyl groups is 1. The van der Waals surface area contributed by atoms with E-state index in [9.17, 15) is 29.7 Å². The summed E-state index contributed by atoms with van der Waals surface area (Å²) >= 11 is 0. The summed E-state index contributed by atoms with van der Waals surface area (Å²) in [5.74, 6) is 1.07. The number of aryl methyl sites for hydroxylation is 1. The number of benzene rings is 4. The van der Waals surface area contributed by atoms with E-state index in [1.54, 1.807) is 41.9 Å². The molecule has 0 spiro atoms. The molecular formula is C47H51N7O8. The summed E-state index contributed by atoms with van der Waals surface area (Å²) in [7, 11) is 3.32. The lowest BCUT2D eigenvalue weighted by Gasteiger charge is -2.50. The summed E-state index contributed by atoms with van der Waals surface area (Å²) in [6, 6.07) is 30.0. The third kappa shape index (κ3) is 9.15. The first-order chi connectivity index (χ1) is 30.1. The van der Waals surface area contributed by atoms with Crippen LogP contribution in [0, 0.1) is 5.92 Å². The summed E-state index contributed by atoms with van der Waals surface area (Å²) in [5.41, 5.74) is 4.77. The van der Waals surface area contributed by atoms with Crippen molar-refractivity contribution in [3.05, 3.63) is 153 Å². The molecule has 9 rings (SSSR count). The van der Waals surface area contributed by atoms with Crippen LogP contribution in [-0.2, 0) is 26.7 Å². The number of pyridine rings is 1. The fourth-order valence-corrected chi connectivity index (χ4v) is 8.85. The van der Waals surface area contributed by atoms with E-state index in [4.69, 9.17) is 9.47 Å². The van der Waals surface area contributed by atoms with Gasteiger partial charge in [0.1, 0.15) is 23.9 Å². The molecule has 3 fully saturated rings. The predicted molar refractivity (Wildman–Crippen MR) is 232 cm³/mol. The number of hydrogen-bond donors (Lipinski definition) is 6. The van der Waals surface area contributed by atoms with E-state index in [-0.39, 0.29) is 54.2 Å². The largest absolute Gasteiger partial charge is 0.506 e. The number of rotatable bonds is 16. The Bertz CT molecular complexity index is 2610. The fourth-order valence-electron chi connectivity index (χ4n) is 8.85. The van der Waals surface area contributed by atoms with Crippen LogP contribution in [0.1, 0.15) is 69.0 Å². The van der Waals surface area contributed by atoms with Crippen molar-refractivity contribution in [2.45, 2.75) is 50.7 Å². The zero-order valence-electron chi connectivity index (χ0n) is 34.7. The zero-order chi connectivity index (χ0) is 43.3. The van der Waals surface area contributed by atoms with Gasteiger partial charge in [0.05, 0.1) is 36.5 Å². The third-order valence-electron chi connectivity index (χ3n) is 12.1. The monoisotopic (exact) mass is 841 g/mol. The molecule has 3 atom stereocenters. The van der Waals surface area contributed by atoms with Gasteiger partial charge in [-0.2, -0.15) is 5.10 Å². The average molecular weight is 842 g/mol. The Morgan fingerprint density at radius 3 is 2.48 bits per heavy atom. The quantitative estimate of drug-likeness (QED) is 0.0724. The molecule has 0 unspecified atom stereocenters. The minimum Gasteiger partial charge on any atom is -0.506 e. The average Bonchev–Trinajstić information content (AvgIpc) is 3.67. The van der Waals surface area contributed by atoms with Crippen LogP contribution in [0.5, 0.6) is 17.2 Å². The lowest BCUT2D eigenvalue weighted by molar-refractivity contribution is -0.000815. The Kier molecular flexibility index (Phi) is 12.6. The molecule has 2 bridgehead atoms. The first-order valence-electron chi connectivity index (χ1n) is 20.8. The van der Waals surface area contributed by atoms with Gasteiger partial charge in [0, 0.05) is 50.2 Å². The van der Waals surface area contributed by atoms with Gasteiger partial charge in [-0.05, 0) is 90.5 Å². The molecule has 2 aromatic heterocycles. The predicted octanol–water partition coefficient (Wildman–Crippen LogP) is 5.47. The highest BCUT2D eigenvalue weighted by atomic mass is 16.5. The number of carbonyl (C=O) groups excluding carboxylic acids is 1. The second-order valence-electron chi connectivity index (χ2n) is 16.0. The van der Waals surface area contributed by atoms with Crippen LogP contribution < -0.4 is 25.7 Å². The van der Waals surface area contributed by atoms with Crippen molar-refractivity contribution in [1.29, 1.82) is 0 Å². The number of amides is 2. The molecule has 0 aliphatic carbocycles. The van der Waals surface area contributed by atoms with Crippen LogP contribution in [0.2, 0.25) is 0 Å². The van der Waals surface area contributed by atoms with Gasteiger partial charge in [0.15, 0.2) is 5.69 Å². The molecule has 62 heavy (non-hydrogen) atoms. The van der Waals surface area contributed by atoms with E-state index in [2.05, 4.69) is 25.6 Å². The van der Waals surface area contributed by atoms with Gasteiger partial charge in [-0.15, -0.1) is 0 Å². The maximum absolute atomic E-state index is 13.3. The normalized spacial score (nSPS) is 18.0. The number of carboxylic acid groups (broad SMARTS) is 1. The number of phenolic OH excluding ortho intramolecular Hbond substituents is 1. The van der Waals surface area contributed by atoms with E-state index < -0.39 is 18.2 Å². The summed E-state index contributed by atoms with van der Waals surface area (Å²) in [4.78, 5) is 44.8. The Hall–Kier alpha value is -6.68. The van der Waals surface area contributed by atoms with Gasteiger partial charge >= 0.3 is 6.09 Å². The second kappa shape index (κ2) is 18.5. The maximum Gasteiger partial charge on any atom is 0.408 e. The highest BCUT2D eigenvalue weighted by Crippen LogP contribution is 2.39. The van der Waals surface area contributed by atoms with Gasteiger partial charge in [0.2, 0.25) is 5.56 Å². The molecule has 2 amide bonds. The molecule has 15 heteroatoms. The number of aliphatic hydroxyl groups excluding tert-OH is 1. The van der Waals surface area contributed by atoms with Crippen molar-refractivity contribution in [3.8, 4) is 17.2 Å². The first-order valence-corrected chi connectivity index (χ1v) is 20.8. The number of aliphatic hydroxyl groups is 1. The zero-order valence-corrected chi connectivity index (χ0v) is 34.7. The molecule has 0 saturated carbocycles. The lowest BCUT2D eigenvalue weighted by atomic mass is 9.81. The molecule has 0 radical (unpaired) electrons. The number of nitrogens with one attached hydrogen (secondary N) is 3. The van der Waals surface area contributed by atoms with Gasteiger partial charge in [0.25, 0.3) is 5.91 Å². The number of H-pyrrole nitrogens is 1. The standard InChI is InChI=1S/C47H51N7O8/c1-52-34(28-62-35-10-6-9-32(22-35)45(31-7-4-3-5-8-31)54(47(59)60)39-27-53-19-17-30(39)18-20-53)23-38(51-52)46(58)49-24-29-11-12-33(42(21-29)61-2)25-48-26-41(56)36-13-15-40(55)44-37(36)14-16-43(57)50-44/h3-16,21-23,30,39,41,45,48,55-56H,17-20,24-28H2,1-2H3,(H,49,58)(H,50,57)(H,59,60)/t39-,41-,45-/m0/s1. The van der Waals surface area contributed by atoms with E-state index in [1.807, 2.05) is 72.8 Å². The Balaban J connectivity index is 0.879. The molecule has 5 heterocycles. The lowest BCUT2D eigenvalue weighted by Crippen LogP contribution is -2.59. The summed E-state index contributed by atoms with van der Waals surface area (Å²) in [6.07, 6.45) is 0.135. The third-order valence-corrected chi connectivity index (χ3v) is 12.1. The van der Waals surface area contributed by atoms with E-state index in [0.29, 0.717) is 40.6 Å². The number of carbonyl (C=O) groups is 2. The van der Waals surface area contributed by atoms with Crippen LogP contribution in [0.15, 0.2) is 108 Å².